The van der Waals surface area contributed by atoms with Gasteiger partial charge < -0.3 is 19.3 Å². The van der Waals surface area contributed by atoms with Gasteiger partial charge in [-0.15, -0.1) is 11.3 Å². The third-order valence-corrected chi connectivity index (χ3v) is 4.93. The van der Waals surface area contributed by atoms with Gasteiger partial charge in [0.05, 0.1) is 23.9 Å². The predicted octanol–water partition coefficient (Wildman–Crippen LogP) is 3.64. The third-order valence-electron chi connectivity index (χ3n) is 4.04. The Morgan fingerprint density at radius 3 is 2.96 bits per heavy atom. The van der Waals surface area contributed by atoms with Crippen LogP contribution in [0.3, 0.4) is 0 Å². The highest BCUT2D eigenvalue weighted by atomic mass is 32.1. The molecule has 0 atom stereocenters. The first-order chi connectivity index (χ1) is 12.6. The molecule has 1 amide bonds. The first-order valence-corrected chi connectivity index (χ1v) is 8.66. The molecule has 0 saturated heterocycles. The number of benzene rings is 1. The zero-order chi connectivity index (χ0) is 18.3. The number of hydrogen-bond acceptors (Lipinski definition) is 7. The number of thiophene rings is 1. The van der Waals surface area contributed by atoms with Crippen molar-refractivity contribution in [1.82, 2.24) is 5.16 Å². The first-order valence-electron chi connectivity index (χ1n) is 7.78. The Morgan fingerprint density at radius 2 is 2.15 bits per heavy atom. The van der Waals surface area contributed by atoms with Crippen molar-refractivity contribution >= 4 is 28.9 Å². The fraction of sp³-hybridized carbons (Fsp3) is 0.167. The van der Waals surface area contributed by atoms with Gasteiger partial charge >= 0.3 is 5.97 Å². The molecule has 1 aromatic carbocycles. The van der Waals surface area contributed by atoms with Gasteiger partial charge in [-0.1, -0.05) is 16.8 Å². The van der Waals surface area contributed by atoms with Crippen LogP contribution in [0.5, 0.6) is 5.75 Å². The summed E-state index contributed by atoms with van der Waals surface area (Å²) >= 11 is 1.18. The number of carbonyl (C=O) groups excluding carboxylic acids is 2. The molecule has 7 nitrogen and oxygen atoms in total. The molecular weight excluding hydrogens is 356 g/mol. The molecule has 0 radical (unpaired) electrons. The summed E-state index contributed by atoms with van der Waals surface area (Å²) in [4.78, 5) is 24.7. The lowest BCUT2D eigenvalue weighted by Gasteiger charge is -2.16. The monoisotopic (exact) mass is 370 g/mol. The molecule has 0 bridgehead atoms. The molecule has 0 unspecified atom stereocenters. The Kier molecular flexibility index (Phi) is 3.96. The number of nitrogens with one attached hydrogen (secondary N) is 1. The van der Waals surface area contributed by atoms with Crippen molar-refractivity contribution in [2.45, 2.75) is 13.5 Å². The van der Waals surface area contributed by atoms with E-state index >= 15 is 0 Å². The fourth-order valence-corrected chi connectivity index (χ4v) is 3.54. The van der Waals surface area contributed by atoms with E-state index < -0.39 is 11.9 Å². The van der Waals surface area contributed by atoms with Crippen LogP contribution in [-0.4, -0.2) is 24.1 Å². The van der Waals surface area contributed by atoms with Crippen molar-refractivity contribution in [3.63, 3.8) is 0 Å². The maximum Gasteiger partial charge on any atom is 0.350 e. The van der Waals surface area contributed by atoms with Crippen molar-refractivity contribution < 1.29 is 23.6 Å². The molecule has 1 aliphatic rings. The fourth-order valence-electron chi connectivity index (χ4n) is 2.77. The zero-order valence-corrected chi connectivity index (χ0v) is 14.8. The van der Waals surface area contributed by atoms with Gasteiger partial charge in [0, 0.05) is 0 Å². The Bertz CT molecular complexity index is 1020. The topological polar surface area (TPSA) is 90.7 Å². The lowest BCUT2D eigenvalue weighted by molar-refractivity contribution is 0.0607. The van der Waals surface area contributed by atoms with Crippen molar-refractivity contribution in [1.29, 1.82) is 0 Å². The molecule has 8 heteroatoms. The van der Waals surface area contributed by atoms with E-state index in [1.807, 2.05) is 25.1 Å². The minimum absolute atomic E-state index is 0.133. The number of aromatic nitrogens is 1. The number of nitrogens with zero attached hydrogens (tertiary/aromatic N) is 1. The van der Waals surface area contributed by atoms with E-state index in [4.69, 9.17) is 14.0 Å². The summed E-state index contributed by atoms with van der Waals surface area (Å²) < 4.78 is 15.9. The summed E-state index contributed by atoms with van der Waals surface area (Å²) in [5, 5.41) is 8.30. The number of rotatable bonds is 3. The molecule has 1 aliphatic heterocycles. The Labute approximate surface area is 152 Å². The van der Waals surface area contributed by atoms with Gasteiger partial charge in [0.1, 0.15) is 17.2 Å². The van der Waals surface area contributed by atoms with Gasteiger partial charge in [0.25, 0.3) is 5.91 Å². The average molecular weight is 370 g/mol. The molecule has 26 heavy (non-hydrogen) atoms. The highest BCUT2D eigenvalue weighted by molar-refractivity contribution is 7.12. The number of hydrogen-bond donors (Lipinski definition) is 1. The van der Waals surface area contributed by atoms with Gasteiger partial charge in [-0.05, 0) is 30.5 Å². The van der Waals surface area contributed by atoms with Gasteiger partial charge in [0.2, 0.25) is 0 Å². The molecule has 3 aromatic rings. The average Bonchev–Trinajstić information content (AvgIpc) is 3.27. The number of carbonyl (C=O) groups is 2. The molecule has 3 heterocycles. The van der Waals surface area contributed by atoms with E-state index in [1.165, 1.54) is 18.4 Å². The summed E-state index contributed by atoms with van der Waals surface area (Å²) in [5.41, 5.74) is 2.90. The molecule has 1 N–H and O–H groups in total. The Morgan fingerprint density at radius 1 is 1.31 bits per heavy atom. The molecule has 132 valence electrons. The van der Waals surface area contributed by atoms with Gasteiger partial charge in [-0.3, -0.25) is 4.79 Å². The normalized spacial score (nSPS) is 11.9. The van der Waals surface area contributed by atoms with Crippen LogP contribution in [0.4, 0.5) is 5.69 Å². The van der Waals surface area contributed by atoms with Gasteiger partial charge in [0.15, 0.2) is 11.5 Å². The summed E-state index contributed by atoms with van der Waals surface area (Å²) in [6.45, 7) is 2.15. The Balaban J connectivity index is 1.66. The molecule has 0 saturated carbocycles. The molecule has 4 rings (SSSR count). The molecule has 0 fully saturated rings. The van der Waals surface area contributed by atoms with Crippen molar-refractivity contribution in [3.05, 3.63) is 51.3 Å². The highest BCUT2D eigenvalue weighted by Crippen LogP contribution is 2.39. The molecule has 0 aliphatic carbocycles. The minimum Gasteiger partial charge on any atom is -0.488 e. The van der Waals surface area contributed by atoms with Crippen LogP contribution in [0.1, 0.15) is 31.3 Å². The number of amides is 1. The minimum atomic E-state index is -0.509. The maximum absolute atomic E-state index is 12.7. The summed E-state index contributed by atoms with van der Waals surface area (Å²) in [7, 11) is 1.29. The number of aryl methyl sites for hydroxylation is 1. The SMILES string of the molecule is COC(=O)c1sccc1NC(=O)c1noc2c1COc1ccc(C)cc1-2. The van der Waals surface area contributed by atoms with E-state index in [2.05, 4.69) is 10.5 Å². The highest BCUT2D eigenvalue weighted by Gasteiger charge is 2.29. The van der Waals surface area contributed by atoms with E-state index in [1.54, 1.807) is 11.4 Å². The van der Waals surface area contributed by atoms with Crippen molar-refractivity contribution in [2.75, 3.05) is 12.4 Å². The van der Waals surface area contributed by atoms with Crippen LogP contribution in [0, 0.1) is 6.92 Å². The number of fused-ring (bicyclic) bond motifs is 3. The van der Waals surface area contributed by atoms with Crippen LogP contribution >= 0.6 is 11.3 Å². The predicted molar refractivity (Wildman–Crippen MR) is 94.6 cm³/mol. The number of anilines is 1. The number of esters is 1. The second kappa shape index (κ2) is 6.30. The largest absolute Gasteiger partial charge is 0.488 e. The lowest BCUT2D eigenvalue weighted by atomic mass is 10.0. The summed E-state index contributed by atoms with van der Waals surface area (Å²) in [5.74, 6) is 0.235. The van der Waals surface area contributed by atoms with Gasteiger partial charge in [-0.2, -0.15) is 0 Å². The van der Waals surface area contributed by atoms with Crippen molar-refractivity contribution in [3.8, 4) is 17.1 Å². The summed E-state index contributed by atoms with van der Waals surface area (Å²) in [6, 6.07) is 7.37. The van der Waals surface area contributed by atoms with Crippen LogP contribution in [-0.2, 0) is 11.3 Å². The molecule has 2 aromatic heterocycles. The maximum atomic E-state index is 12.7. The summed E-state index contributed by atoms with van der Waals surface area (Å²) in [6.07, 6.45) is 0. The molecule has 0 spiro atoms. The quantitative estimate of drug-likeness (QED) is 0.708. The number of ether oxygens (including phenoxy) is 2. The number of methoxy groups -OCH3 is 1. The van der Waals surface area contributed by atoms with Crippen LogP contribution in [0.15, 0.2) is 34.2 Å². The van der Waals surface area contributed by atoms with E-state index in [9.17, 15) is 9.59 Å². The standard InChI is InChI=1S/C18H14N2O5S/c1-9-3-4-13-10(7-9)15-11(8-24-13)14(20-25-15)17(21)19-12-5-6-26-16(12)18(22)23-2/h3-7H,8H2,1-2H3,(H,19,21). The van der Waals surface area contributed by atoms with Crippen molar-refractivity contribution in [2.24, 2.45) is 0 Å². The van der Waals surface area contributed by atoms with E-state index in [0.29, 0.717) is 27.6 Å². The van der Waals surface area contributed by atoms with Gasteiger partial charge in [-0.25, -0.2) is 4.79 Å². The van der Waals surface area contributed by atoms with E-state index in [0.717, 1.165) is 11.1 Å². The zero-order valence-electron chi connectivity index (χ0n) is 14.0. The van der Waals surface area contributed by atoms with Crippen LogP contribution < -0.4 is 10.1 Å². The lowest BCUT2D eigenvalue weighted by Crippen LogP contribution is -2.17. The third kappa shape index (κ3) is 2.64. The van der Waals surface area contributed by atoms with E-state index in [-0.39, 0.29) is 12.3 Å². The van der Waals surface area contributed by atoms with Crippen LogP contribution in [0.2, 0.25) is 0 Å². The second-order valence-corrected chi connectivity index (χ2v) is 6.65. The first kappa shape index (κ1) is 16.3. The van der Waals surface area contributed by atoms with Crippen LogP contribution in [0.25, 0.3) is 11.3 Å². The smallest absolute Gasteiger partial charge is 0.350 e. The Hall–Kier alpha value is -3.13. The second-order valence-electron chi connectivity index (χ2n) is 5.74. The molecular formula is C18H14N2O5S.